The summed E-state index contributed by atoms with van der Waals surface area (Å²) in [7, 11) is 1.95. The molecular formula is C15H17N5O5S. The van der Waals surface area contributed by atoms with Crippen molar-refractivity contribution in [2.75, 3.05) is 14.2 Å². The van der Waals surface area contributed by atoms with E-state index < -0.39 is 21.3 Å². The molecule has 26 heavy (non-hydrogen) atoms. The quantitative estimate of drug-likeness (QED) is 0.632. The summed E-state index contributed by atoms with van der Waals surface area (Å²) in [5, 5.41) is 0. The van der Waals surface area contributed by atoms with Gasteiger partial charge in [0.1, 0.15) is 17.1 Å². The normalized spacial score (nSPS) is 11.8. The first-order valence-electron chi connectivity index (χ1n) is 7.49. The molecule has 138 valence electrons. The number of aryl methyl sites for hydroxylation is 1. The summed E-state index contributed by atoms with van der Waals surface area (Å²) in [4.78, 5) is 31.5. The molecule has 0 radical (unpaired) electrons. The van der Waals surface area contributed by atoms with Gasteiger partial charge < -0.3 is 9.72 Å². The second-order valence-electron chi connectivity index (χ2n) is 5.56. The van der Waals surface area contributed by atoms with Gasteiger partial charge in [0.25, 0.3) is 5.56 Å². The summed E-state index contributed by atoms with van der Waals surface area (Å²) in [5.74, 6) is 0.533. The number of nitrogens with zero attached hydrogens (tertiary/aromatic N) is 3. The van der Waals surface area contributed by atoms with E-state index in [9.17, 15) is 18.0 Å². The van der Waals surface area contributed by atoms with Crippen molar-refractivity contribution in [1.29, 1.82) is 0 Å². The highest BCUT2D eigenvalue weighted by atomic mass is 32.2. The second-order valence-corrected chi connectivity index (χ2v) is 7.45. The maximum Gasteiger partial charge on any atom is 0.332 e. The number of H-pyrrole nitrogens is 1. The van der Waals surface area contributed by atoms with Crippen molar-refractivity contribution >= 4 is 21.2 Å². The summed E-state index contributed by atoms with van der Waals surface area (Å²) in [6, 6.07) is 4.27. The van der Waals surface area contributed by atoms with E-state index >= 15 is 0 Å². The Morgan fingerprint density at radius 2 is 1.88 bits per heavy atom. The Balaban J connectivity index is 2.28. The fourth-order valence-electron chi connectivity index (χ4n) is 2.61. The molecule has 2 N–H and O–H groups in total. The van der Waals surface area contributed by atoms with Crippen LogP contribution >= 0.6 is 0 Å². The van der Waals surface area contributed by atoms with Crippen molar-refractivity contribution in [3.8, 4) is 17.1 Å². The first-order valence-corrected chi connectivity index (χ1v) is 8.97. The number of imidazole rings is 1. The Labute approximate surface area is 148 Å². The van der Waals surface area contributed by atoms with Crippen LogP contribution in [0.1, 0.15) is 0 Å². The molecule has 0 unspecified atom stereocenters. The summed E-state index contributed by atoms with van der Waals surface area (Å²) in [5.41, 5.74) is -0.188. The Kier molecular flexibility index (Phi) is 4.20. The van der Waals surface area contributed by atoms with E-state index in [1.54, 1.807) is 0 Å². The minimum Gasteiger partial charge on any atom is -0.496 e. The fraction of sp³-hybridized carbons (Fsp3) is 0.267. The van der Waals surface area contributed by atoms with E-state index in [2.05, 4.69) is 14.7 Å². The molecule has 0 aliphatic heterocycles. The van der Waals surface area contributed by atoms with Crippen LogP contribution in [0.5, 0.6) is 5.75 Å². The lowest BCUT2D eigenvalue weighted by Crippen LogP contribution is -2.36. The van der Waals surface area contributed by atoms with Gasteiger partial charge in [-0.05, 0) is 19.2 Å². The Bertz CT molecular complexity index is 1240. The highest BCUT2D eigenvalue weighted by Gasteiger charge is 2.19. The van der Waals surface area contributed by atoms with Crippen LogP contribution in [0, 0.1) is 0 Å². The molecule has 2 heterocycles. The number of aromatic amines is 1. The number of hydrogen-bond donors (Lipinski definition) is 2. The zero-order valence-corrected chi connectivity index (χ0v) is 15.3. The molecule has 10 nitrogen and oxygen atoms in total. The average Bonchev–Trinajstić information content (AvgIpc) is 3.09. The monoisotopic (exact) mass is 379 g/mol. The van der Waals surface area contributed by atoms with Crippen LogP contribution in [0.25, 0.3) is 22.6 Å². The molecule has 0 aliphatic carbocycles. The molecule has 0 saturated carbocycles. The van der Waals surface area contributed by atoms with E-state index in [0.29, 0.717) is 5.56 Å². The molecule has 0 fully saturated rings. The Morgan fingerprint density at radius 1 is 1.19 bits per heavy atom. The minimum absolute atomic E-state index is 0.0278. The van der Waals surface area contributed by atoms with Gasteiger partial charge in [-0.1, -0.05) is 0 Å². The van der Waals surface area contributed by atoms with Gasteiger partial charge in [0.15, 0.2) is 5.65 Å². The van der Waals surface area contributed by atoms with E-state index in [-0.39, 0.29) is 27.6 Å². The van der Waals surface area contributed by atoms with Crippen LogP contribution in [0.3, 0.4) is 0 Å². The van der Waals surface area contributed by atoms with Crippen LogP contribution in [-0.2, 0) is 24.1 Å². The predicted molar refractivity (Wildman–Crippen MR) is 94.8 cm³/mol. The summed E-state index contributed by atoms with van der Waals surface area (Å²) < 4.78 is 33.6. The molecule has 0 spiro atoms. The summed E-state index contributed by atoms with van der Waals surface area (Å²) >= 11 is 0. The first kappa shape index (κ1) is 17.9. The summed E-state index contributed by atoms with van der Waals surface area (Å²) in [6.45, 7) is 0. The van der Waals surface area contributed by atoms with Gasteiger partial charge in [-0.2, -0.15) is 0 Å². The van der Waals surface area contributed by atoms with Crippen LogP contribution in [0.4, 0.5) is 0 Å². The van der Waals surface area contributed by atoms with E-state index in [1.165, 1.54) is 51.0 Å². The largest absolute Gasteiger partial charge is 0.496 e. The van der Waals surface area contributed by atoms with Crippen LogP contribution in [0.2, 0.25) is 0 Å². The zero-order chi connectivity index (χ0) is 19.2. The maximum absolute atomic E-state index is 12.3. The standard InChI is InChI=1S/C15H17N5O5S/c1-16-26(23,24)8-5-6-9(10(7-8)25-4)12-17-11-13(18-12)19(2)15(22)20(3)14(11)21/h5-7,16H,1-4H3,(H,17,18). The van der Waals surface area contributed by atoms with E-state index in [1.807, 2.05) is 0 Å². The van der Waals surface area contributed by atoms with Crippen molar-refractivity contribution in [2.45, 2.75) is 4.90 Å². The maximum atomic E-state index is 12.3. The van der Waals surface area contributed by atoms with Crippen LogP contribution in [-0.4, -0.2) is 41.7 Å². The molecule has 1 aromatic carbocycles. The number of sulfonamides is 1. The third-order valence-electron chi connectivity index (χ3n) is 4.10. The Hall–Kier alpha value is -2.92. The number of fused-ring (bicyclic) bond motifs is 1. The number of rotatable bonds is 4. The third-order valence-corrected chi connectivity index (χ3v) is 5.51. The van der Waals surface area contributed by atoms with Crippen molar-refractivity contribution in [2.24, 2.45) is 14.1 Å². The minimum atomic E-state index is -3.64. The van der Waals surface area contributed by atoms with Gasteiger partial charge in [0, 0.05) is 20.2 Å². The van der Waals surface area contributed by atoms with Crippen LogP contribution < -0.4 is 20.7 Å². The number of benzene rings is 1. The zero-order valence-electron chi connectivity index (χ0n) is 14.5. The Morgan fingerprint density at radius 3 is 2.50 bits per heavy atom. The third kappa shape index (κ3) is 2.61. The molecule has 0 bridgehead atoms. The molecule has 3 aromatic rings. The highest BCUT2D eigenvalue weighted by Crippen LogP contribution is 2.31. The predicted octanol–water partition coefficient (Wildman–Crippen LogP) is -0.456. The van der Waals surface area contributed by atoms with Crippen LogP contribution in [0.15, 0.2) is 32.7 Å². The number of nitrogens with one attached hydrogen (secondary N) is 2. The molecule has 0 amide bonds. The topological polar surface area (TPSA) is 128 Å². The van der Waals surface area contributed by atoms with Gasteiger partial charge in [0.2, 0.25) is 10.0 Å². The highest BCUT2D eigenvalue weighted by molar-refractivity contribution is 7.89. The SMILES string of the molecule is CNS(=O)(=O)c1ccc(-c2nc3c([nH]2)c(=O)n(C)c(=O)n3C)c(OC)c1. The van der Waals surface area contributed by atoms with Gasteiger partial charge >= 0.3 is 5.69 Å². The number of aromatic nitrogens is 4. The molecule has 0 aliphatic rings. The lowest BCUT2D eigenvalue weighted by molar-refractivity contribution is 0.415. The van der Waals surface area contributed by atoms with Gasteiger partial charge in [-0.25, -0.2) is 22.9 Å². The smallest absolute Gasteiger partial charge is 0.332 e. The van der Waals surface area contributed by atoms with Crippen molar-refractivity contribution in [3.63, 3.8) is 0 Å². The van der Waals surface area contributed by atoms with E-state index in [0.717, 1.165) is 4.57 Å². The van der Waals surface area contributed by atoms with Gasteiger partial charge in [-0.15, -0.1) is 0 Å². The lowest BCUT2D eigenvalue weighted by Gasteiger charge is -2.09. The molecule has 0 atom stereocenters. The first-order chi connectivity index (χ1) is 12.2. The molecule has 11 heteroatoms. The van der Waals surface area contributed by atoms with Gasteiger partial charge in [0.05, 0.1) is 17.6 Å². The molecular weight excluding hydrogens is 362 g/mol. The van der Waals surface area contributed by atoms with Gasteiger partial charge in [-0.3, -0.25) is 13.9 Å². The number of ether oxygens (including phenoxy) is 1. The molecule has 2 aromatic heterocycles. The molecule has 0 saturated heterocycles. The second kappa shape index (κ2) is 6.11. The lowest BCUT2D eigenvalue weighted by atomic mass is 10.2. The number of methoxy groups -OCH3 is 1. The fourth-order valence-corrected chi connectivity index (χ4v) is 3.35. The number of hydrogen-bond acceptors (Lipinski definition) is 6. The van der Waals surface area contributed by atoms with E-state index in [4.69, 9.17) is 4.74 Å². The average molecular weight is 379 g/mol. The summed E-state index contributed by atoms with van der Waals surface area (Å²) in [6.07, 6.45) is 0. The van der Waals surface area contributed by atoms with Crippen molar-refractivity contribution in [1.82, 2.24) is 23.8 Å². The molecule has 3 rings (SSSR count). The van der Waals surface area contributed by atoms with Crippen molar-refractivity contribution < 1.29 is 13.2 Å². The van der Waals surface area contributed by atoms with Crippen molar-refractivity contribution in [3.05, 3.63) is 39.0 Å².